The monoisotopic (exact) mass is 391 g/mol. The Labute approximate surface area is 166 Å². The summed E-state index contributed by atoms with van der Waals surface area (Å²) >= 11 is 7.13. The molecule has 0 bridgehead atoms. The number of anilines is 1. The van der Waals surface area contributed by atoms with Crippen LogP contribution in [-0.4, -0.2) is 65.0 Å². The Morgan fingerprint density at radius 3 is 2.27 bits per heavy atom. The Morgan fingerprint density at radius 2 is 1.65 bits per heavy atom. The summed E-state index contributed by atoms with van der Waals surface area (Å²) < 4.78 is 0.865. The number of amides is 1. The largest absolute Gasteiger partial charge is 0.368 e. The second kappa shape index (κ2) is 9.09. The Bertz CT molecular complexity index is 607. The number of hydrogen-bond acceptors (Lipinski definition) is 4. The summed E-state index contributed by atoms with van der Waals surface area (Å²) in [5.74, 6) is 1.91. The zero-order valence-corrected chi connectivity index (χ0v) is 17.4. The van der Waals surface area contributed by atoms with E-state index in [1.807, 2.05) is 11.0 Å². The van der Waals surface area contributed by atoms with Crippen molar-refractivity contribution < 1.29 is 4.79 Å². The van der Waals surface area contributed by atoms with E-state index in [9.17, 15) is 4.79 Å². The molecule has 6 heteroatoms. The third kappa shape index (κ3) is 5.13. The number of carbonyl (C=O) groups excluding carboxylic acids is 1. The molecular formula is C20H29N3OS2. The van der Waals surface area contributed by atoms with E-state index in [1.165, 1.54) is 23.9 Å². The van der Waals surface area contributed by atoms with Crippen molar-refractivity contribution in [2.45, 2.75) is 20.3 Å². The lowest BCUT2D eigenvalue weighted by molar-refractivity contribution is -0.130. The molecule has 2 atom stereocenters. The van der Waals surface area contributed by atoms with Crippen molar-refractivity contribution in [1.82, 2.24) is 9.80 Å². The van der Waals surface area contributed by atoms with E-state index in [1.54, 1.807) is 0 Å². The number of para-hydroxylation sites is 1. The highest BCUT2D eigenvalue weighted by molar-refractivity contribution is 8.23. The maximum atomic E-state index is 12.5. The zero-order chi connectivity index (χ0) is 18.5. The Morgan fingerprint density at radius 1 is 1.04 bits per heavy atom. The van der Waals surface area contributed by atoms with Gasteiger partial charge in [0.15, 0.2) is 0 Å². The van der Waals surface area contributed by atoms with Gasteiger partial charge < -0.3 is 14.7 Å². The van der Waals surface area contributed by atoms with E-state index >= 15 is 0 Å². The Balaban J connectivity index is 1.42. The van der Waals surface area contributed by atoms with Crippen molar-refractivity contribution in [2.24, 2.45) is 11.8 Å². The van der Waals surface area contributed by atoms with Crippen LogP contribution in [0.15, 0.2) is 30.3 Å². The molecular weight excluding hydrogens is 362 g/mol. The van der Waals surface area contributed by atoms with Crippen molar-refractivity contribution in [2.75, 3.05) is 49.9 Å². The molecule has 3 rings (SSSR count). The van der Waals surface area contributed by atoms with Crippen molar-refractivity contribution >= 4 is 39.9 Å². The number of hydrogen-bond donors (Lipinski definition) is 0. The van der Waals surface area contributed by atoms with Gasteiger partial charge in [0, 0.05) is 45.0 Å². The number of benzene rings is 1. The summed E-state index contributed by atoms with van der Waals surface area (Å²) in [4.78, 5) is 19.2. The van der Waals surface area contributed by atoms with Crippen LogP contribution in [-0.2, 0) is 4.79 Å². The van der Waals surface area contributed by atoms with Gasteiger partial charge in [-0.25, -0.2) is 0 Å². The minimum Gasteiger partial charge on any atom is -0.368 e. The normalized spacial score (nSPS) is 23.8. The molecule has 0 radical (unpaired) electrons. The molecule has 26 heavy (non-hydrogen) atoms. The summed E-state index contributed by atoms with van der Waals surface area (Å²) in [5, 5.41) is 0. The third-order valence-corrected chi connectivity index (χ3v) is 6.71. The van der Waals surface area contributed by atoms with Gasteiger partial charge in [-0.05, 0) is 30.4 Å². The van der Waals surface area contributed by atoms with E-state index in [-0.39, 0.29) is 5.91 Å². The minimum absolute atomic E-state index is 0.235. The van der Waals surface area contributed by atoms with Gasteiger partial charge in [0.2, 0.25) is 5.91 Å². The van der Waals surface area contributed by atoms with E-state index < -0.39 is 0 Å². The van der Waals surface area contributed by atoms with Crippen molar-refractivity contribution in [3.8, 4) is 0 Å². The molecule has 2 fully saturated rings. The van der Waals surface area contributed by atoms with Crippen LogP contribution in [0.4, 0.5) is 5.69 Å². The SMILES string of the molecule is CC1CC(C)CN(C(=O)CSC(=S)N2CCN(c3ccccc3)CC2)C1. The summed E-state index contributed by atoms with van der Waals surface area (Å²) in [6, 6.07) is 10.5. The van der Waals surface area contributed by atoms with Crippen molar-refractivity contribution in [1.29, 1.82) is 0 Å². The van der Waals surface area contributed by atoms with Gasteiger partial charge in [-0.1, -0.05) is 56.0 Å². The number of thioether (sulfide) groups is 1. The van der Waals surface area contributed by atoms with Crippen LogP contribution in [0.3, 0.4) is 0 Å². The number of carbonyl (C=O) groups is 1. The minimum atomic E-state index is 0.235. The molecule has 1 amide bonds. The van der Waals surface area contributed by atoms with Gasteiger partial charge in [-0.2, -0.15) is 0 Å². The summed E-state index contributed by atoms with van der Waals surface area (Å²) in [6.07, 6.45) is 1.22. The van der Waals surface area contributed by atoms with E-state index in [0.29, 0.717) is 17.6 Å². The van der Waals surface area contributed by atoms with Crippen LogP contribution < -0.4 is 4.90 Å². The number of likely N-dealkylation sites (tertiary alicyclic amines) is 1. The second-order valence-electron chi connectivity index (χ2n) is 7.61. The summed E-state index contributed by atoms with van der Waals surface area (Å²) in [6.45, 7) is 10.1. The van der Waals surface area contributed by atoms with E-state index in [2.05, 4.69) is 47.9 Å². The number of piperidine rings is 1. The number of rotatable bonds is 3. The first-order valence-electron chi connectivity index (χ1n) is 9.52. The van der Waals surface area contributed by atoms with Crippen molar-refractivity contribution in [3.63, 3.8) is 0 Å². The average molecular weight is 392 g/mol. The number of piperazine rings is 1. The van der Waals surface area contributed by atoms with Gasteiger partial charge >= 0.3 is 0 Å². The molecule has 0 N–H and O–H groups in total. The summed E-state index contributed by atoms with van der Waals surface area (Å²) in [7, 11) is 0. The Hall–Kier alpha value is -1.27. The molecule has 2 unspecified atom stereocenters. The fourth-order valence-electron chi connectivity index (χ4n) is 3.96. The number of nitrogens with zero attached hydrogens (tertiary/aromatic N) is 3. The maximum Gasteiger partial charge on any atom is 0.233 e. The molecule has 0 aromatic heterocycles. The highest BCUT2D eigenvalue weighted by Gasteiger charge is 2.26. The van der Waals surface area contributed by atoms with Crippen LogP contribution in [0.2, 0.25) is 0 Å². The molecule has 0 spiro atoms. The first-order chi connectivity index (χ1) is 12.5. The fourth-order valence-corrected chi connectivity index (χ4v) is 5.11. The van der Waals surface area contributed by atoms with Crippen LogP contribution in [0.5, 0.6) is 0 Å². The van der Waals surface area contributed by atoms with Gasteiger partial charge in [-0.3, -0.25) is 4.79 Å². The smallest absolute Gasteiger partial charge is 0.233 e. The molecule has 0 saturated carbocycles. The quantitative estimate of drug-likeness (QED) is 0.737. The lowest BCUT2D eigenvalue weighted by Gasteiger charge is -2.37. The fraction of sp³-hybridized carbons (Fsp3) is 0.600. The van der Waals surface area contributed by atoms with Crippen LogP contribution >= 0.6 is 24.0 Å². The predicted molar refractivity (Wildman–Crippen MR) is 115 cm³/mol. The standard InChI is InChI=1S/C20H29N3OS2/c1-16-12-17(2)14-23(13-16)19(24)15-26-20(25)22-10-8-21(9-11-22)18-6-4-3-5-7-18/h3-7,16-17H,8-15H2,1-2H3. The number of thiocarbonyl (C=S) groups is 1. The van der Waals surface area contributed by atoms with Gasteiger partial charge in [0.25, 0.3) is 0 Å². The molecule has 2 aliphatic rings. The topological polar surface area (TPSA) is 26.8 Å². The van der Waals surface area contributed by atoms with Gasteiger partial charge in [0.1, 0.15) is 4.32 Å². The Kier molecular flexibility index (Phi) is 6.81. The highest BCUT2D eigenvalue weighted by Crippen LogP contribution is 2.23. The maximum absolute atomic E-state index is 12.5. The lowest BCUT2D eigenvalue weighted by Crippen LogP contribution is -2.48. The predicted octanol–water partition coefficient (Wildman–Crippen LogP) is 3.33. The van der Waals surface area contributed by atoms with Gasteiger partial charge in [0.05, 0.1) is 5.75 Å². The van der Waals surface area contributed by atoms with E-state index in [0.717, 1.165) is 43.6 Å². The molecule has 0 aliphatic carbocycles. The lowest BCUT2D eigenvalue weighted by atomic mass is 9.92. The van der Waals surface area contributed by atoms with Gasteiger partial charge in [-0.15, -0.1) is 0 Å². The first-order valence-corrected chi connectivity index (χ1v) is 10.9. The van der Waals surface area contributed by atoms with Crippen LogP contribution in [0.1, 0.15) is 20.3 Å². The summed E-state index contributed by atoms with van der Waals surface area (Å²) in [5.41, 5.74) is 1.27. The zero-order valence-electron chi connectivity index (χ0n) is 15.8. The molecule has 4 nitrogen and oxygen atoms in total. The highest BCUT2D eigenvalue weighted by atomic mass is 32.2. The molecule has 1 aromatic rings. The van der Waals surface area contributed by atoms with Crippen LogP contribution in [0.25, 0.3) is 0 Å². The van der Waals surface area contributed by atoms with Crippen molar-refractivity contribution in [3.05, 3.63) is 30.3 Å². The average Bonchev–Trinajstić information content (AvgIpc) is 2.66. The van der Waals surface area contributed by atoms with E-state index in [4.69, 9.17) is 12.2 Å². The second-order valence-corrected chi connectivity index (χ2v) is 9.22. The molecule has 1 aromatic carbocycles. The molecule has 2 heterocycles. The third-order valence-electron chi connectivity index (χ3n) is 5.20. The van der Waals surface area contributed by atoms with Crippen LogP contribution in [0, 0.1) is 11.8 Å². The molecule has 2 saturated heterocycles. The first kappa shape index (κ1) is 19.5. The molecule has 142 valence electrons. The molecule has 2 aliphatic heterocycles.